The molecule has 1 aliphatic heterocycles. The third-order valence-electron chi connectivity index (χ3n) is 3.29. The van der Waals surface area contributed by atoms with Crippen LogP contribution in [0.15, 0.2) is 0 Å². The van der Waals surface area contributed by atoms with Crippen molar-refractivity contribution in [2.45, 2.75) is 33.6 Å². The number of amides is 1. The summed E-state index contributed by atoms with van der Waals surface area (Å²) in [4.78, 5) is 14.3. The van der Waals surface area contributed by atoms with Crippen LogP contribution in [0.5, 0.6) is 0 Å². The summed E-state index contributed by atoms with van der Waals surface area (Å²) in [6.45, 7) is 9.02. The van der Waals surface area contributed by atoms with E-state index in [1.165, 1.54) is 17.8 Å². The van der Waals surface area contributed by atoms with Crippen LogP contribution in [0.2, 0.25) is 0 Å². The highest BCUT2D eigenvalue weighted by Gasteiger charge is 2.28. The summed E-state index contributed by atoms with van der Waals surface area (Å²) >= 11 is 1.35. The maximum absolute atomic E-state index is 12.4. The van der Waals surface area contributed by atoms with Gasteiger partial charge in [-0.2, -0.15) is 0 Å². The van der Waals surface area contributed by atoms with Crippen LogP contribution in [0.3, 0.4) is 0 Å². The fourth-order valence-electron chi connectivity index (χ4n) is 2.58. The zero-order valence-corrected chi connectivity index (χ0v) is 12.7. The van der Waals surface area contributed by atoms with Gasteiger partial charge < -0.3 is 10.2 Å². The van der Waals surface area contributed by atoms with Crippen LogP contribution in [-0.4, -0.2) is 40.6 Å². The maximum Gasteiger partial charge on any atom is 0.284 e. The Bertz CT molecular complexity index is 424. The number of anilines is 1. The summed E-state index contributed by atoms with van der Waals surface area (Å²) in [7, 11) is 0. The lowest BCUT2D eigenvalue weighted by Crippen LogP contribution is -2.42. The van der Waals surface area contributed by atoms with Gasteiger partial charge in [0.15, 0.2) is 0 Å². The molecule has 1 saturated heterocycles. The fraction of sp³-hybridized carbons (Fsp3) is 0.769. The fourth-order valence-corrected chi connectivity index (χ4v) is 3.31. The first kappa shape index (κ1) is 14.2. The molecule has 1 aliphatic rings. The molecule has 0 spiro atoms. The molecule has 2 rings (SSSR count). The van der Waals surface area contributed by atoms with Crippen LogP contribution in [0, 0.1) is 11.8 Å². The molecule has 0 radical (unpaired) electrons. The molecule has 1 N–H and O–H groups in total. The second kappa shape index (κ2) is 6.32. The van der Waals surface area contributed by atoms with Crippen molar-refractivity contribution in [2.24, 2.45) is 11.8 Å². The number of piperidine rings is 1. The lowest BCUT2D eigenvalue weighted by atomic mass is 9.92. The van der Waals surface area contributed by atoms with Crippen LogP contribution < -0.4 is 5.32 Å². The SMILES string of the molecule is CCCNc1nnc(C(=O)N2CC(C)CC(C)C2)s1. The molecule has 6 heteroatoms. The van der Waals surface area contributed by atoms with E-state index in [-0.39, 0.29) is 5.91 Å². The van der Waals surface area contributed by atoms with Gasteiger partial charge in [0.05, 0.1) is 0 Å². The quantitative estimate of drug-likeness (QED) is 0.921. The third kappa shape index (κ3) is 3.65. The van der Waals surface area contributed by atoms with Crippen molar-refractivity contribution < 1.29 is 4.79 Å². The van der Waals surface area contributed by atoms with E-state index in [1.807, 2.05) is 4.90 Å². The van der Waals surface area contributed by atoms with Crippen molar-refractivity contribution in [3.8, 4) is 0 Å². The van der Waals surface area contributed by atoms with Crippen molar-refractivity contribution in [2.75, 3.05) is 25.0 Å². The number of nitrogens with one attached hydrogen (secondary N) is 1. The summed E-state index contributed by atoms with van der Waals surface area (Å²) in [5, 5.41) is 12.4. The molecule has 1 aromatic heterocycles. The van der Waals surface area contributed by atoms with E-state index in [4.69, 9.17) is 0 Å². The zero-order chi connectivity index (χ0) is 13.8. The molecule has 1 amide bonds. The number of hydrogen-bond donors (Lipinski definition) is 1. The minimum Gasteiger partial charge on any atom is -0.360 e. The Morgan fingerprint density at radius 2 is 2.05 bits per heavy atom. The number of hydrogen-bond acceptors (Lipinski definition) is 5. The molecule has 2 atom stereocenters. The predicted molar refractivity (Wildman–Crippen MR) is 77.5 cm³/mol. The molecule has 5 nitrogen and oxygen atoms in total. The van der Waals surface area contributed by atoms with E-state index >= 15 is 0 Å². The van der Waals surface area contributed by atoms with Gasteiger partial charge in [-0.15, -0.1) is 10.2 Å². The lowest BCUT2D eigenvalue weighted by Gasteiger charge is -2.34. The van der Waals surface area contributed by atoms with Gasteiger partial charge >= 0.3 is 0 Å². The van der Waals surface area contributed by atoms with E-state index in [1.54, 1.807) is 0 Å². The summed E-state index contributed by atoms with van der Waals surface area (Å²) in [5.41, 5.74) is 0. The van der Waals surface area contributed by atoms with Gasteiger partial charge in [-0.1, -0.05) is 32.1 Å². The number of carbonyl (C=O) groups is 1. The summed E-state index contributed by atoms with van der Waals surface area (Å²) in [6, 6.07) is 0. The van der Waals surface area contributed by atoms with E-state index in [9.17, 15) is 4.79 Å². The maximum atomic E-state index is 12.4. The van der Waals surface area contributed by atoms with Crippen LogP contribution in [0.25, 0.3) is 0 Å². The molecular weight excluding hydrogens is 260 g/mol. The average molecular weight is 282 g/mol. The van der Waals surface area contributed by atoms with Gasteiger partial charge in [0.25, 0.3) is 5.91 Å². The molecular formula is C13H22N4OS. The van der Waals surface area contributed by atoms with Crippen molar-refractivity contribution in [3.05, 3.63) is 5.01 Å². The van der Waals surface area contributed by atoms with Crippen molar-refractivity contribution in [3.63, 3.8) is 0 Å². The number of carbonyl (C=O) groups excluding carboxylic acids is 1. The molecule has 1 fully saturated rings. The normalized spacial score (nSPS) is 23.4. The first-order valence-electron chi connectivity index (χ1n) is 6.96. The van der Waals surface area contributed by atoms with Gasteiger partial charge in [0.1, 0.15) is 0 Å². The first-order chi connectivity index (χ1) is 9.10. The summed E-state index contributed by atoms with van der Waals surface area (Å²) < 4.78 is 0. The summed E-state index contributed by atoms with van der Waals surface area (Å²) in [5.74, 6) is 1.16. The van der Waals surface area contributed by atoms with Crippen LogP contribution >= 0.6 is 11.3 Å². The second-order valence-electron chi connectivity index (χ2n) is 5.50. The van der Waals surface area contributed by atoms with Gasteiger partial charge in [0.2, 0.25) is 10.1 Å². The van der Waals surface area contributed by atoms with Crippen LogP contribution in [0.4, 0.5) is 5.13 Å². The van der Waals surface area contributed by atoms with E-state index < -0.39 is 0 Å². The molecule has 2 heterocycles. The monoisotopic (exact) mass is 282 g/mol. The molecule has 106 valence electrons. The van der Waals surface area contributed by atoms with Gasteiger partial charge in [-0.3, -0.25) is 4.79 Å². The predicted octanol–water partition coefficient (Wildman–Crippen LogP) is 2.48. The molecule has 0 saturated carbocycles. The molecule has 0 aromatic carbocycles. The van der Waals surface area contributed by atoms with E-state index in [0.717, 1.165) is 31.2 Å². The molecule has 1 aromatic rings. The topological polar surface area (TPSA) is 58.1 Å². The molecule has 0 bridgehead atoms. The third-order valence-corrected chi connectivity index (χ3v) is 4.16. The summed E-state index contributed by atoms with van der Waals surface area (Å²) in [6.07, 6.45) is 2.23. The Morgan fingerprint density at radius 3 is 2.68 bits per heavy atom. The van der Waals surface area contributed by atoms with E-state index in [2.05, 4.69) is 36.3 Å². The minimum absolute atomic E-state index is 0.0282. The average Bonchev–Trinajstić information content (AvgIpc) is 2.83. The lowest BCUT2D eigenvalue weighted by molar-refractivity contribution is 0.0622. The highest BCUT2D eigenvalue weighted by atomic mass is 32.1. The minimum atomic E-state index is 0.0282. The molecule has 19 heavy (non-hydrogen) atoms. The van der Waals surface area contributed by atoms with Crippen molar-refractivity contribution in [1.82, 2.24) is 15.1 Å². The van der Waals surface area contributed by atoms with Crippen molar-refractivity contribution >= 4 is 22.4 Å². The Hall–Kier alpha value is -1.17. The smallest absolute Gasteiger partial charge is 0.284 e. The molecule has 0 aliphatic carbocycles. The number of likely N-dealkylation sites (tertiary alicyclic amines) is 1. The van der Waals surface area contributed by atoms with Gasteiger partial charge in [0, 0.05) is 19.6 Å². The Balaban J connectivity index is 2.00. The van der Waals surface area contributed by atoms with Crippen LogP contribution in [0.1, 0.15) is 43.4 Å². The zero-order valence-electron chi connectivity index (χ0n) is 11.8. The Labute approximate surface area is 118 Å². The first-order valence-corrected chi connectivity index (χ1v) is 7.78. The van der Waals surface area contributed by atoms with Crippen molar-refractivity contribution in [1.29, 1.82) is 0 Å². The largest absolute Gasteiger partial charge is 0.360 e. The van der Waals surface area contributed by atoms with E-state index in [0.29, 0.717) is 16.8 Å². The Morgan fingerprint density at radius 1 is 1.37 bits per heavy atom. The molecule has 2 unspecified atom stereocenters. The van der Waals surface area contributed by atoms with Gasteiger partial charge in [-0.05, 0) is 24.7 Å². The van der Waals surface area contributed by atoms with Gasteiger partial charge in [-0.25, -0.2) is 0 Å². The number of rotatable bonds is 4. The Kier molecular flexibility index (Phi) is 4.74. The van der Waals surface area contributed by atoms with Crippen LogP contribution in [-0.2, 0) is 0 Å². The second-order valence-corrected chi connectivity index (χ2v) is 6.47. The number of nitrogens with zero attached hydrogens (tertiary/aromatic N) is 3. The standard InChI is InChI=1S/C13H22N4OS/c1-4-5-14-13-16-15-11(19-13)12(18)17-7-9(2)6-10(3)8-17/h9-10H,4-8H2,1-3H3,(H,14,16). The number of aromatic nitrogens is 2. The highest BCUT2D eigenvalue weighted by Crippen LogP contribution is 2.24. The highest BCUT2D eigenvalue weighted by molar-refractivity contribution is 7.17.